The largest absolute Gasteiger partial charge is 0.366 e. The highest BCUT2D eigenvalue weighted by molar-refractivity contribution is 7.90. The summed E-state index contributed by atoms with van der Waals surface area (Å²) in [4.78, 5) is 0. The van der Waals surface area contributed by atoms with Gasteiger partial charge in [-0.05, 0) is 25.0 Å². The van der Waals surface area contributed by atoms with Crippen molar-refractivity contribution >= 4 is 15.7 Å². The summed E-state index contributed by atoms with van der Waals surface area (Å²) < 4.78 is 24.2. The van der Waals surface area contributed by atoms with Gasteiger partial charge in [-0.1, -0.05) is 30.3 Å². The van der Waals surface area contributed by atoms with Gasteiger partial charge in [0.25, 0.3) is 0 Å². The van der Waals surface area contributed by atoms with E-state index in [-0.39, 0.29) is 18.1 Å². The molecule has 0 radical (unpaired) electrons. The van der Waals surface area contributed by atoms with Gasteiger partial charge in [-0.3, -0.25) is 0 Å². The van der Waals surface area contributed by atoms with Crippen LogP contribution in [-0.2, 0) is 15.6 Å². The van der Waals surface area contributed by atoms with Crippen LogP contribution >= 0.6 is 0 Å². The molecule has 0 aliphatic rings. The van der Waals surface area contributed by atoms with Crippen molar-refractivity contribution in [3.05, 3.63) is 52.7 Å². The van der Waals surface area contributed by atoms with Crippen molar-refractivity contribution in [3.63, 3.8) is 0 Å². The molecule has 0 saturated carbocycles. The maximum absolute atomic E-state index is 12.1. The molecule has 0 atom stereocenters. The lowest BCUT2D eigenvalue weighted by Crippen LogP contribution is -2.19. The molecule has 1 aromatic heterocycles. The minimum Gasteiger partial charge on any atom is -0.366 e. The van der Waals surface area contributed by atoms with Crippen LogP contribution in [0.2, 0.25) is 0 Å². The molecule has 0 aliphatic carbocycles. The molecule has 0 bridgehead atoms. The van der Waals surface area contributed by atoms with Crippen LogP contribution in [-0.4, -0.2) is 30.9 Å². The first kappa shape index (κ1) is 16.9. The Labute approximate surface area is 136 Å². The Bertz CT molecular complexity index is 827. The number of aromatic nitrogens is 2. The molecule has 120 valence electrons. The molecule has 1 aromatic carbocycles. The first-order valence-corrected chi connectivity index (χ1v) is 8.97. The van der Waals surface area contributed by atoms with Crippen LogP contribution in [0, 0.1) is 25.2 Å². The van der Waals surface area contributed by atoms with Crippen LogP contribution in [0.15, 0.2) is 30.3 Å². The zero-order chi connectivity index (χ0) is 16.9. The standard InChI is InChI=1S/C16H18N4O2S/c1-12-13(2)19-20-16(15(12)10-17)18-8-9-23(21,22)11-14-6-4-3-5-7-14/h3-7H,8-9,11H2,1-2H3,(H,18,20). The number of benzene rings is 1. The average molecular weight is 330 g/mol. The van der Waals surface area contributed by atoms with Crippen molar-refractivity contribution in [1.82, 2.24) is 10.2 Å². The van der Waals surface area contributed by atoms with Crippen molar-refractivity contribution in [2.24, 2.45) is 0 Å². The Morgan fingerprint density at radius 3 is 2.52 bits per heavy atom. The first-order chi connectivity index (χ1) is 10.9. The van der Waals surface area contributed by atoms with E-state index in [4.69, 9.17) is 0 Å². The fraction of sp³-hybridized carbons (Fsp3) is 0.312. The fourth-order valence-electron chi connectivity index (χ4n) is 2.09. The highest BCUT2D eigenvalue weighted by atomic mass is 32.2. The summed E-state index contributed by atoms with van der Waals surface area (Å²) in [5.41, 5.74) is 2.59. The molecular weight excluding hydrogens is 312 g/mol. The number of anilines is 1. The van der Waals surface area contributed by atoms with Crippen LogP contribution in [0.4, 0.5) is 5.82 Å². The number of aryl methyl sites for hydroxylation is 1. The van der Waals surface area contributed by atoms with Gasteiger partial charge in [0.1, 0.15) is 11.6 Å². The van der Waals surface area contributed by atoms with E-state index in [0.29, 0.717) is 17.1 Å². The minimum absolute atomic E-state index is 0.000763. The zero-order valence-electron chi connectivity index (χ0n) is 13.1. The van der Waals surface area contributed by atoms with Crippen molar-refractivity contribution in [2.75, 3.05) is 17.6 Å². The van der Waals surface area contributed by atoms with Crippen LogP contribution < -0.4 is 5.32 Å². The Kier molecular flexibility index (Phi) is 5.29. The van der Waals surface area contributed by atoms with Gasteiger partial charge in [0.2, 0.25) is 0 Å². The smallest absolute Gasteiger partial charge is 0.166 e. The lowest BCUT2D eigenvalue weighted by molar-refractivity contribution is 0.595. The lowest BCUT2D eigenvalue weighted by Gasteiger charge is -2.10. The molecule has 2 rings (SSSR count). The van der Waals surface area contributed by atoms with Crippen LogP contribution in [0.25, 0.3) is 0 Å². The number of nitriles is 1. The zero-order valence-corrected chi connectivity index (χ0v) is 13.9. The van der Waals surface area contributed by atoms with Gasteiger partial charge in [-0.25, -0.2) is 8.42 Å². The van der Waals surface area contributed by atoms with E-state index in [1.54, 1.807) is 26.0 Å². The summed E-state index contributed by atoms with van der Waals surface area (Å²) >= 11 is 0. The third-order valence-corrected chi connectivity index (χ3v) is 5.10. The van der Waals surface area contributed by atoms with Crippen LogP contribution in [0.1, 0.15) is 22.4 Å². The predicted octanol–water partition coefficient (Wildman–Crippen LogP) is 1.99. The second-order valence-corrected chi connectivity index (χ2v) is 7.43. The SMILES string of the molecule is Cc1nnc(NCCS(=O)(=O)Cc2ccccc2)c(C#N)c1C. The molecule has 23 heavy (non-hydrogen) atoms. The molecule has 0 saturated heterocycles. The molecule has 0 amide bonds. The van der Waals surface area contributed by atoms with Crippen molar-refractivity contribution < 1.29 is 8.42 Å². The van der Waals surface area contributed by atoms with Crippen LogP contribution in [0.5, 0.6) is 0 Å². The summed E-state index contributed by atoms with van der Waals surface area (Å²) in [5.74, 6) is 0.283. The Hall–Kier alpha value is -2.46. The monoisotopic (exact) mass is 330 g/mol. The molecule has 0 spiro atoms. The third kappa shape index (κ3) is 4.50. The molecule has 7 heteroatoms. The van der Waals surface area contributed by atoms with Gasteiger partial charge in [-0.2, -0.15) is 10.4 Å². The van der Waals surface area contributed by atoms with E-state index >= 15 is 0 Å². The molecule has 0 fully saturated rings. The number of nitrogens with zero attached hydrogens (tertiary/aromatic N) is 3. The van der Waals surface area contributed by atoms with E-state index in [2.05, 4.69) is 21.6 Å². The molecule has 2 aromatic rings. The van der Waals surface area contributed by atoms with Crippen molar-refractivity contribution in [3.8, 4) is 6.07 Å². The van der Waals surface area contributed by atoms with Crippen molar-refractivity contribution in [2.45, 2.75) is 19.6 Å². The van der Waals surface area contributed by atoms with E-state index in [1.807, 2.05) is 18.2 Å². The summed E-state index contributed by atoms with van der Waals surface area (Å²) in [6, 6.07) is 11.1. The molecule has 0 aliphatic heterocycles. The average Bonchev–Trinajstić information content (AvgIpc) is 2.51. The van der Waals surface area contributed by atoms with Gasteiger partial charge < -0.3 is 5.32 Å². The molecule has 1 N–H and O–H groups in total. The number of sulfone groups is 1. The molecule has 0 unspecified atom stereocenters. The summed E-state index contributed by atoms with van der Waals surface area (Å²) in [5, 5.41) is 20.0. The highest BCUT2D eigenvalue weighted by Crippen LogP contribution is 2.17. The Morgan fingerprint density at radius 2 is 1.87 bits per heavy atom. The molecular formula is C16H18N4O2S. The summed E-state index contributed by atoms with van der Waals surface area (Å²) in [6.45, 7) is 3.75. The second kappa shape index (κ2) is 7.20. The number of nitrogens with one attached hydrogen (secondary N) is 1. The molecule has 6 nitrogen and oxygen atoms in total. The Balaban J connectivity index is 2.00. The summed E-state index contributed by atoms with van der Waals surface area (Å²) in [7, 11) is -3.24. The third-order valence-electron chi connectivity index (χ3n) is 3.50. The number of hydrogen-bond donors (Lipinski definition) is 1. The van der Waals surface area contributed by atoms with Gasteiger partial charge in [-0.15, -0.1) is 5.10 Å². The van der Waals surface area contributed by atoms with Gasteiger partial charge in [0.05, 0.1) is 17.2 Å². The molecule has 1 heterocycles. The minimum atomic E-state index is -3.24. The quantitative estimate of drug-likeness (QED) is 0.870. The summed E-state index contributed by atoms with van der Waals surface area (Å²) in [6.07, 6.45) is 0. The fourth-order valence-corrected chi connectivity index (χ4v) is 3.35. The van der Waals surface area contributed by atoms with E-state index in [9.17, 15) is 13.7 Å². The first-order valence-electron chi connectivity index (χ1n) is 7.15. The van der Waals surface area contributed by atoms with Gasteiger partial charge >= 0.3 is 0 Å². The Morgan fingerprint density at radius 1 is 1.17 bits per heavy atom. The van der Waals surface area contributed by atoms with Crippen LogP contribution in [0.3, 0.4) is 0 Å². The van der Waals surface area contributed by atoms with E-state index in [0.717, 1.165) is 11.1 Å². The normalized spacial score (nSPS) is 11.0. The number of hydrogen-bond acceptors (Lipinski definition) is 6. The van der Waals surface area contributed by atoms with E-state index < -0.39 is 9.84 Å². The topological polar surface area (TPSA) is 95.7 Å². The van der Waals surface area contributed by atoms with E-state index in [1.165, 1.54) is 0 Å². The predicted molar refractivity (Wildman–Crippen MR) is 88.6 cm³/mol. The maximum atomic E-state index is 12.1. The lowest BCUT2D eigenvalue weighted by atomic mass is 10.1. The van der Waals surface area contributed by atoms with Gasteiger partial charge in [0.15, 0.2) is 15.7 Å². The second-order valence-electron chi connectivity index (χ2n) is 5.25. The van der Waals surface area contributed by atoms with Crippen molar-refractivity contribution in [1.29, 1.82) is 5.26 Å². The van der Waals surface area contributed by atoms with Gasteiger partial charge in [0, 0.05) is 6.54 Å². The highest BCUT2D eigenvalue weighted by Gasteiger charge is 2.14. The number of rotatable bonds is 6. The maximum Gasteiger partial charge on any atom is 0.166 e.